The van der Waals surface area contributed by atoms with Crippen LogP contribution in [0.15, 0.2) is 0 Å². The Kier molecular flexibility index (Phi) is 8.85. The summed E-state index contributed by atoms with van der Waals surface area (Å²) in [4.78, 5) is 26.5. The van der Waals surface area contributed by atoms with Crippen LogP contribution in [-0.4, -0.2) is 69.0 Å². The summed E-state index contributed by atoms with van der Waals surface area (Å²) in [6.07, 6.45) is 4.13. The van der Waals surface area contributed by atoms with Gasteiger partial charge in [0.15, 0.2) is 9.84 Å². The lowest BCUT2D eigenvalue weighted by atomic mass is 10.0. The first-order valence-electron chi connectivity index (χ1n) is 9.01. The van der Waals surface area contributed by atoms with Crippen LogP contribution in [0.25, 0.3) is 0 Å². The van der Waals surface area contributed by atoms with Crippen LogP contribution in [0.1, 0.15) is 46.5 Å². The maximum atomic E-state index is 12.8. The van der Waals surface area contributed by atoms with Crippen LogP contribution in [0.3, 0.4) is 0 Å². The minimum atomic E-state index is -3.36. The van der Waals surface area contributed by atoms with E-state index in [2.05, 4.69) is 5.32 Å². The molecule has 1 rings (SSSR count). The van der Waals surface area contributed by atoms with E-state index in [0.29, 0.717) is 19.7 Å². The molecule has 0 aliphatic carbocycles. The standard InChI is InChI=1S/C17H32N2O5S/c1-5-24-16(13(2)3)17(21)19-10-8-6-7-9-14(11-19)18-15(20)12-25(4,22)23/h13-14,16H,5-12H2,1-4H3,(H,18,20). The Hall–Kier alpha value is -1.15. The molecular formula is C17H32N2O5S. The van der Waals surface area contributed by atoms with Crippen molar-refractivity contribution in [2.45, 2.75) is 58.6 Å². The molecular weight excluding hydrogens is 344 g/mol. The molecule has 1 aliphatic rings. The van der Waals surface area contributed by atoms with Gasteiger partial charge in [0, 0.05) is 32.0 Å². The van der Waals surface area contributed by atoms with Crippen LogP contribution >= 0.6 is 0 Å². The predicted molar refractivity (Wildman–Crippen MR) is 96.9 cm³/mol. The lowest BCUT2D eigenvalue weighted by Gasteiger charge is -2.34. The number of hydrogen-bond acceptors (Lipinski definition) is 5. The second-order valence-corrected chi connectivity index (χ2v) is 9.23. The van der Waals surface area contributed by atoms with Gasteiger partial charge < -0.3 is 15.0 Å². The Balaban J connectivity index is 2.78. The molecule has 1 saturated heterocycles. The molecule has 0 saturated carbocycles. The second kappa shape index (κ2) is 10.1. The third-order valence-electron chi connectivity index (χ3n) is 4.19. The topological polar surface area (TPSA) is 92.8 Å². The van der Waals surface area contributed by atoms with Crippen molar-refractivity contribution in [2.75, 3.05) is 31.7 Å². The van der Waals surface area contributed by atoms with Crippen molar-refractivity contribution in [1.82, 2.24) is 10.2 Å². The normalized spacial score (nSPS) is 20.7. The van der Waals surface area contributed by atoms with Crippen LogP contribution in [0, 0.1) is 5.92 Å². The van der Waals surface area contributed by atoms with E-state index in [9.17, 15) is 18.0 Å². The first kappa shape index (κ1) is 21.9. The zero-order valence-electron chi connectivity index (χ0n) is 15.8. The second-order valence-electron chi connectivity index (χ2n) is 7.09. The van der Waals surface area contributed by atoms with Gasteiger partial charge in [-0.2, -0.15) is 0 Å². The fourth-order valence-corrected chi connectivity index (χ4v) is 3.61. The summed E-state index contributed by atoms with van der Waals surface area (Å²) in [5.41, 5.74) is 0. The van der Waals surface area contributed by atoms with E-state index in [1.54, 1.807) is 4.90 Å². The summed E-state index contributed by atoms with van der Waals surface area (Å²) in [5, 5.41) is 2.78. The van der Waals surface area contributed by atoms with Crippen molar-refractivity contribution in [3.05, 3.63) is 0 Å². The number of carbonyl (C=O) groups excluding carboxylic acids is 2. The Labute approximate surface area is 151 Å². The molecule has 2 amide bonds. The number of sulfone groups is 1. The first-order valence-corrected chi connectivity index (χ1v) is 11.1. The number of nitrogens with zero attached hydrogens (tertiary/aromatic N) is 1. The third kappa shape index (κ3) is 8.18. The summed E-state index contributed by atoms with van der Waals surface area (Å²) >= 11 is 0. The van der Waals surface area contributed by atoms with Gasteiger partial charge in [0.05, 0.1) is 0 Å². The molecule has 8 heteroatoms. The Morgan fingerprint density at radius 3 is 2.48 bits per heavy atom. The molecule has 25 heavy (non-hydrogen) atoms. The Bertz CT molecular complexity index is 547. The smallest absolute Gasteiger partial charge is 0.252 e. The van der Waals surface area contributed by atoms with Crippen molar-refractivity contribution in [2.24, 2.45) is 5.92 Å². The van der Waals surface area contributed by atoms with Crippen LogP contribution in [0.2, 0.25) is 0 Å². The van der Waals surface area contributed by atoms with E-state index in [1.807, 2.05) is 20.8 Å². The van der Waals surface area contributed by atoms with Crippen LogP contribution in [0.5, 0.6) is 0 Å². The summed E-state index contributed by atoms with van der Waals surface area (Å²) < 4.78 is 28.2. The number of ether oxygens (including phenoxy) is 1. The molecule has 1 aliphatic heterocycles. The van der Waals surface area contributed by atoms with Gasteiger partial charge >= 0.3 is 0 Å². The number of amides is 2. The molecule has 1 fully saturated rings. The molecule has 1 N–H and O–H groups in total. The summed E-state index contributed by atoms with van der Waals surface area (Å²) in [5.74, 6) is -1.02. The Morgan fingerprint density at radius 2 is 1.92 bits per heavy atom. The van der Waals surface area contributed by atoms with Gasteiger partial charge in [-0.1, -0.05) is 26.7 Å². The van der Waals surface area contributed by atoms with Crippen LogP contribution in [0.4, 0.5) is 0 Å². The van der Waals surface area contributed by atoms with E-state index in [0.717, 1.165) is 31.9 Å². The van der Waals surface area contributed by atoms with Crippen molar-refractivity contribution in [1.29, 1.82) is 0 Å². The van der Waals surface area contributed by atoms with E-state index in [1.165, 1.54) is 0 Å². The summed E-state index contributed by atoms with van der Waals surface area (Å²) in [6.45, 7) is 7.26. The largest absolute Gasteiger partial charge is 0.368 e. The van der Waals surface area contributed by atoms with Crippen molar-refractivity contribution in [3.63, 3.8) is 0 Å². The number of nitrogens with one attached hydrogen (secondary N) is 1. The fraction of sp³-hybridized carbons (Fsp3) is 0.882. The lowest BCUT2D eigenvalue weighted by molar-refractivity contribution is -0.147. The molecule has 0 bridgehead atoms. The molecule has 0 aromatic heterocycles. The molecule has 2 unspecified atom stereocenters. The molecule has 2 atom stereocenters. The van der Waals surface area contributed by atoms with Crippen molar-refractivity contribution in [3.8, 4) is 0 Å². The van der Waals surface area contributed by atoms with E-state index in [4.69, 9.17) is 4.74 Å². The quantitative estimate of drug-likeness (QED) is 0.715. The molecule has 7 nitrogen and oxygen atoms in total. The average molecular weight is 377 g/mol. The third-order valence-corrected chi connectivity index (χ3v) is 4.97. The fourth-order valence-electron chi connectivity index (χ4n) is 3.05. The van der Waals surface area contributed by atoms with Crippen molar-refractivity contribution < 1.29 is 22.7 Å². The highest BCUT2D eigenvalue weighted by Crippen LogP contribution is 2.16. The highest BCUT2D eigenvalue weighted by atomic mass is 32.2. The van der Waals surface area contributed by atoms with Gasteiger partial charge in [0.2, 0.25) is 5.91 Å². The predicted octanol–water partition coefficient (Wildman–Crippen LogP) is 0.980. The molecule has 0 aromatic rings. The van der Waals surface area contributed by atoms with Gasteiger partial charge in [0.1, 0.15) is 11.9 Å². The highest BCUT2D eigenvalue weighted by Gasteiger charge is 2.30. The monoisotopic (exact) mass is 376 g/mol. The maximum absolute atomic E-state index is 12.8. The van der Waals surface area contributed by atoms with Gasteiger partial charge in [-0.05, 0) is 25.7 Å². The van der Waals surface area contributed by atoms with E-state index >= 15 is 0 Å². The van der Waals surface area contributed by atoms with E-state index < -0.39 is 27.6 Å². The summed E-state index contributed by atoms with van der Waals surface area (Å²) in [7, 11) is -3.36. The maximum Gasteiger partial charge on any atom is 0.252 e. The Morgan fingerprint density at radius 1 is 1.24 bits per heavy atom. The minimum absolute atomic E-state index is 0.0545. The van der Waals surface area contributed by atoms with Crippen molar-refractivity contribution >= 4 is 21.7 Å². The molecule has 146 valence electrons. The molecule has 0 spiro atoms. The first-order chi connectivity index (χ1) is 11.6. The number of hydrogen-bond donors (Lipinski definition) is 1. The van der Waals surface area contributed by atoms with Gasteiger partial charge in [0.25, 0.3) is 5.91 Å². The molecule has 0 radical (unpaired) electrons. The minimum Gasteiger partial charge on any atom is -0.368 e. The lowest BCUT2D eigenvalue weighted by Crippen LogP contribution is -2.51. The van der Waals surface area contributed by atoms with E-state index in [-0.39, 0.29) is 17.9 Å². The SMILES string of the molecule is CCOC(C(=O)N1CCCCCC(NC(=O)CS(C)(=O)=O)C1)C(C)C. The van der Waals surface area contributed by atoms with Gasteiger partial charge in [-0.3, -0.25) is 9.59 Å². The zero-order valence-corrected chi connectivity index (χ0v) is 16.6. The van der Waals surface area contributed by atoms with Crippen LogP contribution < -0.4 is 5.32 Å². The van der Waals surface area contributed by atoms with Crippen LogP contribution in [-0.2, 0) is 24.2 Å². The van der Waals surface area contributed by atoms with Gasteiger partial charge in [-0.15, -0.1) is 0 Å². The molecule has 1 heterocycles. The highest BCUT2D eigenvalue weighted by molar-refractivity contribution is 7.91. The average Bonchev–Trinajstić information content (AvgIpc) is 2.44. The summed E-state index contributed by atoms with van der Waals surface area (Å²) in [6, 6.07) is -0.229. The molecule has 0 aromatic carbocycles. The van der Waals surface area contributed by atoms with Gasteiger partial charge in [-0.25, -0.2) is 8.42 Å². The number of rotatable bonds is 7. The zero-order chi connectivity index (χ0) is 19.0. The number of likely N-dealkylation sites (tertiary alicyclic amines) is 1. The number of carbonyl (C=O) groups is 2.